The zero-order chi connectivity index (χ0) is 14.8. The Kier molecular flexibility index (Phi) is 2.99. The van der Waals surface area contributed by atoms with Crippen LogP contribution < -0.4 is 0 Å². The molecule has 3 fully saturated rings. The van der Waals surface area contributed by atoms with E-state index in [2.05, 4.69) is 26.5 Å². The second-order valence-corrected chi connectivity index (χ2v) is 8.89. The minimum Gasteiger partial charge on any atom is -0.385 e. The van der Waals surface area contributed by atoms with Gasteiger partial charge in [0.05, 0.1) is 6.10 Å². The van der Waals surface area contributed by atoms with Gasteiger partial charge in [-0.25, -0.2) is 0 Å². The Morgan fingerprint density at radius 3 is 2.76 bits per heavy atom. The van der Waals surface area contributed by atoms with Crippen LogP contribution in [-0.4, -0.2) is 11.2 Å². The quantitative estimate of drug-likeness (QED) is 0.630. The summed E-state index contributed by atoms with van der Waals surface area (Å²) in [5.41, 5.74) is 3.53. The Bertz CT molecular complexity index is 504. The molecule has 0 aromatic heterocycles. The van der Waals surface area contributed by atoms with E-state index in [0.717, 1.165) is 29.7 Å². The summed E-state index contributed by atoms with van der Waals surface area (Å²) in [4.78, 5) is 0. The van der Waals surface area contributed by atoms with Crippen LogP contribution in [0.2, 0.25) is 0 Å². The summed E-state index contributed by atoms with van der Waals surface area (Å²) in [5, 5.41) is 10.1. The lowest BCUT2D eigenvalue weighted by Crippen LogP contribution is -2.49. The van der Waals surface area contributed by atoms with Gasteiger partial charge in [0, 0.05) is 0 Å². The minimum atomic E-state index is -0.384. The third kappa shape index (κ3) is 1.86. The molecule has 116 valence electrons. The first-order valence-corrected chi connectivity index (χ1v) is 9.01. The van der Waals surface area contributed by atoms with Crippen molar-refractivity contribution in [2.45, 2.75) is 71.3 Å². The first kappa shape index (κ1) is 14.1. The third-order valence-corrected chi connectivity index (χ3v) is 7.89. The fourth-order valence-electron chi connectivity index (χ4n) is 6.72. The summed E-state index contributed by atoms with van der Waals surface area (Å²) < 4.78 is 0. The predicted molar refractivity (Wildman–Crippen MR) is 86.8 cm³/mol. The highest BCUT2D eigenvalue weighted by atomic mass is 16.3. The van der Waals surface area contributed by atoms with Crippen molar-refractivity contribution in [1.82, 2.24) is 0 Å². The van der Waals surface area contributed by atoms with Gasteiger partial charge in [-0.1, -0.05) is 38.5 Å². The predicted octanol–water partition coefficient (Wildman–Crippen LogP) is 4.87. The molecule has 21 heavy (non-hydrogen) atoms. The van der Waals surface area contributed by atoms with Crippen molar-refractivity contribution < 1.29 is 5.11 Å². The zero-order valence-electron chi connectivity index (χ0n) is 13.7. The highest BCUT2D eigenvalue weighted by Gasteiger charge is 2.56. The Morgan fingerprint density at radius 2 is 1.95 bits per heavy atom. The maximum atomic E-state index is 10.1. The number of hydrogen-bond donors (Lipinski definition) is 1. The molecular formula is C20H30O. The van der Waals surface area contributed by atoms with E-state index in [1.165, 1.54) is 44.9 Å². The average Bonchev–Trinajstić information content (AvgIpc) is 2.82. The summed E-state index contributed by atoms with van der Waals surface area (Å²) in [7, 11) is 0. The number of fused-ring (bicyclic) bond motifs is 5. The van der Waals surface area contributed by atoms with Crippen molar-refractivity contribution in [2.75, 3.05) is 0 Å². The van der Waals surface area contributed by atoms with E-state index in [1.807, 2.05) is 0 Å². The molecule has 0 saturated heterocycles. The average molecular weight is 286 g/mol. The zero-order valence-corrected chi connectivity index (χ0v) is 13.7. The molecule has 3 saturated carbocycles. The summed E-state index contributed by atoms with van der Waals surface area (Å²) in [6, 6.07) is 0. The highest BCUT2D eigenvalue weighted by Crippen LogP contribution is 2.65. The number of rotatable bonds is 0. The Hall–Kier alpha value is -0.560. The summed E-state index contributed by atoms with van der Waals surface area (Å²) >= 11 is 0. The van der Waals surface area contributed by atoms with Crippen molar-refractivity contribution in [1.29, 1.82) is 0 Å². The number of hydrogen-bond acceptors (Lipinski definition) is 1. The maximum absolute atomic E-state index is 10.1. The van der Waals surface area contributed by atoms with Crippen LogP contribution in [0.4, 0.5) is 0 Å². The molecule has 0 radical (unpaired) electrons. The molecule has 1 N–H and O–H groups in total. The largest absolute Gasteiger partial charge is 0.385 e. The number of aliphatic hydroxyl groups excluding tert-OH is 1. The normalized spacial score (nSPS) is 52.7. The van der Waals surface area contributed by atoms with Crippen LogP contribution in [0.3, 0.4) is 0 Å². The van der Waals surface area contributed by atoms with E-state index in [1.54, 1.807) is 5.57 Å². The smallest absolute Gasteiger partial charge is 0.0932 e. The molecule has 1 heteroatoms. The second kappa shape index (κ2) is 4.47. The van der Waals surface area contributed by atoms with Gasteiger partial charge in [-0.2, -0.15) is 0 Å². The van der Waals surface area contributed by atoms with Gasteiger partial charge in [0.25, 0.3) is 0 Å². The summed E-state index contributed by atoms with van der Waals surface area (Å²) in [5.74, 6) is 2.73. The minimum absolute atomic E-state index is 0.295. The van der Waals surface area contributed by atoms with Crippen LogP contribution in [-0.2, 0) is 0 Å². The van der Waals surface area contributed by atoms with Gasteiger partial charge in [-0.05, 0) is 79.1 Å². The standard InChI is InChI=1S/C20H30O/c1-13-12-20(3)14(11-18(13)21)6-7-15-16-5-4-9-19(16,2)10-8-17(15)20/h11,15-18,21H,1,4-10,12H2,2-3H3/t15-,16-,17-,18-,19-,20-/m0/s1. The lowest BCUT2D eigenvalue weighted by Gasteiger charge is -2.58. The van der Waals surface area contributed by atoms with Crippen molar-refractivity contribution in [3.05, 3.63) is 23.8 Å². The molecule has 6 atom stereocenters. The van der Waals surface area contributed by atoms with Crippen LogP contribution in [0.25, 0.3) is 0 Å². The fraction of sp³-hybridized carbons (Fsp3) is 0.800. The van der Waals surface area contributed by atoms with Crippen molar-refractivity contribution in [3.63, 3.8) is 0 Å². The van der Waals surface area contributed by atoms with Crippen molar-refractivity contribution in [3.8, 4) is 0 Å². The Morgan fingerprint density at radius 1 is 1.14 bits per heavy atom. The molecule has 4 aliphatic carbocycles. The molecule has 0 spiro atoms. The van der Waals surface area contributed by atoms with Gasteiger partial charge < -0.3 is 5.11 Å². The van der Waals surface area contributed by atoms with E-state index in [-0.39, 0.29) is 6.10 Å². The monoisotopic (exact) mass is 286 g/mol. The Balaban J connectivity index is 1.70. The van der Waals surface area contributed by atoms with Crippen molar-refractivity contribution in [2.24, 2.45) is 28.6 Å². The van der Waals surface area contributed by atoms with Crippen LogP contribution in [0.5, 0.6) is 0 Å². The van der Waals surface area contributed by atoms with Gasteiger partial charge in [0.2, 0.25) is 0 Å². The SMILES string of the molecule is C=C1C[C@@]2(C)C(=C[C@@H]1O)CC[C@H]1[C@@H]3CCC[C@@]3(C)CC[C@@H]12. The molecule has 0 aromatic carbocycles. The lowest BCUT2D eigenvalue weighted by atomic mass is 9.47. The van der Waals surface area contributed by atoms with Gasteiger partial charge in [0.15, 0.2) is 0 Å². The molecule has 1 nitrogen and oxygen atoms in total. The van der Waals surface area contributed by atoms with E-state index < -0.39 is 0 Å². The topological polar surface area (TPSA) is 20.2 Å². The summed E-state index contributed by atoms with van der Waals surface area (Å²) in [6.45, 7) is 9.20. The van der Waals surface area contributed by atoms with Gasteiger partial charge >= 0.3 is 0 Å². The fourth-order valence-corrected chi connectivity index (χ4v) is 6.72. The molecule has 4 rings (SSSR count). The van der Waals surface area contributed by atoms with E-state index in [9.17, 15) is 5.11 Å². The van der Waals surface area contributed by atoms with Gasteiger partial charge in [-0.3, -0.25) is 0 Å². The molecule has 0 bridgehead atoms. The van der Waals surface area contributed by atoms with Gasteiger partial charge in [0.1, 0.15) is 0 Å². The number of allylic oxidation sites excluding steroid dienone is 1. The van der Waals surface area contributed by atoms with E-state index in [0.29, 0.717) is 10.8 Å². The molecule has 0 unspecified atom stereocenters. The van der Waals surface area contributed by atoms with Crippen LogP contribution in [0.1, 0.15) is 65.2 Å². The lowest BCUT2D eigenvalue weighted by molar-refractivity contribution is -0.0344. The maximum Gasteiger partial charge on any atom is 0.0932 e. The van der Waals surface area contributed by atoms with Crippen LogP contribution in [0.15, 0.2) is 23.8 Å². The molecule has 0 amide bonds. The van der Waals surface area contributed by atoms with Crippen molar-refractivity contribution >= 4 is 0 Å². The van der Waals surface area contributed by atoms with E-state index in [4.69, 9.17) is 0 Å². The summed E-state index contributed by atoms with van der Waals surface area (Å²) in [6.07, 6.45) is 12.6. The first-order chi connectivity index (χ1) is 9.94. The molecule has 4 aliphatic rings. The molecular weight excluding hydrogens is 256 g/mol. The van der Waals surface area contributed by atoms with Crippen LogP contribution >= 0.6 is 0 Å². The molecule has 0 heterocycles. The van der Waals surface area contributed by atoms with E-state index >= 15 is 0 Å². The number of aliphatic hydroxyl groups is 1. The second-order valence-electron chi connectivity index (χ2n) is 8.89. The van der Waals surface area contributed by atoms with Gasteiger partial charge in [-0.15, -0.1) is 0 Å². The third-order valence-electron chi connectivity index (χ3n) is 7.89. The van der Waals surface area contributed by atoms with Crippen LogP contribution in [0, 0.1) is 28.6 Å². The molecule has 0 aliphatic heterocycles. The molecule has 0 aromatic rings. The Labute approximate surface area is 129 Å². The highest BCUT2D eigenvalue weighted by molar-refractivity contribution is 5.33. The first-order valence-electron chi connectivity index (χ1n) is 9.01.